The van der Waals surface area contributed by atoms with Crippen LogP contribution in [0.1, 0.15) is 24.5 Å². The summed E-state index contributed by atoms with van der Waals surface area (Å²) in [5, 5.41) is 2.89. The second-order valence-corrected chi connectivity index (χ2v) is 5.90. The number of hydrogen-bond donors (Lipinski definition) is 1. The van der Waals surface area contributed by atoms with E-state index in [0.29, 0.717) is 24.5 Å². The van der Waals surface area contributed by atoms with Crippen molar-refractivity contribution in [3.63, 3.8) is 0 Å². The number of aryl methyl sites for hydroxylation is 2. The Kier molecular flexibility index (Phi) is 6.63. The minimum atomic E-state index is -0.557. The first-order chi connectivity index (χ1) is 12.0. The van der Waals surface area contributed by atoms with Crippen LogP contribution in [0.15, 0.2) is 55.1 Å². The molecule has 0 radical (unpaired) electrons. The maximum atomic E-state index is 12.6. The fraction of sp³-hybridized carbons (Fsp3) is 0.286. The normalized spacial score (nSPS) is 11.5. The Morgan fingerprint density at radius 3 is 2.76 bits per heavy atom. The number of hydrogen-bond acceptors (Lipinski definition) is 3. The minimum absolute atomic E-state index is 0.177. The number of ether oxygens (including phenoxy) is 2. The van der Waals surface area contributed by atoms with Gasteiger partial charge in [-0.25, -0.2) is 0 Å². The monoisotopic (exact) mass is 339 g/mol. The molecule has 1 N–H and O–H groups in total. The summed E-state index contributed by atoms with van der Waals surface area (Å²) in [4.78, 5) is 12.6. The summed E-state index contributed by atoms with van der Waals surface area (Å²) in [5.74, 6) is 1.25. The van der Waals surface area contributed by atoms with Crippen LogP contribution in [0.4, 0.5) is 5.69 Å². The van der Waals surface area contributed by atoms with Gasteiger partial charge in [0.2, 0.25) is 0 Å². The molecule has 132 valence electrons. The lowest BCUT2D eigenvalue weighted by Crippen LogP contribution is -2.32. The van der Waals surface area contributed by atoms with E-state index >= 15 is 0 Å². The van der Waals surface area contributed by atoms with Crippen molar-refractivity contribution in [2.45, 2.75) is 33.3 Å². The average Bonchev–Trinajstić information content (AvgIpc) is 2.60. The van der Waals surface area contributed by atoms with Gasteiger partial charge in [0.25, 0.3) is 5.91 Å². The molecule has 0 aliphatic rings. The summed E-state index contributed by atoms with van der Waals surface area (Å²) < 4.78 is 11.4. The lowest BCUT2D eigenvalue weighted by atomic mass is 10.1. The molecule has 25 heavy (non-hydrogen) atoms. The van der Waals surface area contributed by atoms with Gasteiger partial charge in [0.15, 0.2) is 6.10 Å². The second-order valence-electron chi connectivity index (χ2n) is 5.90. The van der Waals surface area contributed by atoms with Gasteiger partial charge >= 0.3 is 0 Å². The van der Waals surface area contributed by atoms with Gasteiger partial charge in [-0.15, -0.1) is 0 Å². The molecule has 0 bridgehead atoms. The van der Waals surface area contributed by atoms with Gasteiger partial charge in [-0.05, 0) is 49.6 Å². The second kappa shape index (κ2) is 8.92. The van der Waals surface area contributed by atoms with Crippen molar-refractivity contribution in [2.24, 2.45) is 0 Å². The van der Waals surface area contributed by atoms with Crippen molar-refractivity contribution >= 4 is 11.6 Å². The number of carbonyl (C=O) groups is 1. The number of carbonyl (C=O) groups excluding carboxylic acids is 1. The Balaban J connectivity index is 2.07. The molecule has 2 aromatic carbocycles. The largest absolute Gasteiger partial charge is 0.489 e. The van der Waals surface area contributed by atoms with Crippen LogP contribution in [0.5, 0.6) is 11.5 Å². The van der Waals surface area contributed by atoms with Gasteiger partial charge in [-0.2, -0.15) is 0 Å². The molecule has 4 heteroatoms. The molecular weight excluding hydrogens is 314 g/mol. The zero-order valence-corrected chi connectivity index (χ0v) is 15.0. The van der Waals surface area contributed by atoms with E-state index < -0.39 is 6.10 Å². The molecule has 0 heterocycles. The molecule has 0 fully saturated rings. The van der Waals surface area contributed by atoms with Crippen LogP contribution in [-0.4, -0.2) is 18.6 Å². The van der Waals surface area contributed by atoms with Gasteiger partial charge < -0.3 is 14.8 Å². The summed E-state index contributed by atoms with van der Waals surface area (Å²) >= 11 is 0. The molecule has 2 aromatic rings. The Morgan fingerprint density at radius 1 is 1.24 bits per heavy atom. The summed E-state index contributed by atoms with van der Waals surface area (Å²) in [6.07, 6.45) is 1.70. The Hall–Kier alpha value is -2.75. The van der Waals surface area contributed by atoms with Crippen molar-refractivity contribution in [1.29, 1.82) is 0 Å². The molecule has 0 saturated heterocycles. The molecule has 0 saturated carbocycles. The maximum Gasteiger partial charge on any atom is 0.265 e. The summed E-state index contributed by atoms with van der Waals surface area (Å²) in [6, 6.07) is 13.3. The van der Waals surface area contributed by atoms with Crippen LogP contribution in [0.2, 0.25) is 0 Å². The SMILES string of the molecule is C=CCOc1cccc(NC(=O)[C@H](CC)Oc2cc(C)ccc2C)c1. The predicted octanol–water partition coefficient (Wildman–Crippen LogP) is 4.66. The van der Waals surface area contributed by atoms with Crippen molar-refractivity contribution < 1.29 is 14.3 Å². The first-order valence-corrected chi connectivity index (χ1v) is 8.42. The Labute approximate surface area is 149 Å². The zero-order valence-electron chi connectivity index (χ0n) is 15.0. The molecule has 0 spiro atoms. The molecule has 0 unspecified atom stereocenters. The molecule has 1 amide bonds. The molecule has 2 rings (SSSR count). The van der Waals surface area contributed by atoms with Gasteiger partial charge in [0.1, 0.15) is 18.1 Å². The van der Waals surface area contributed by atoms with Gasteiger partial charge in [0.05, 0.1) is 0 Å². The van der Waals surface area contributed by atoms with E-state index in [-0.39, 0.29) is 5.91 Å². The third-order valence-electron chi connectivity index (χ3n) is 3.75. The maximum absolute atomic E-state index is 12.6. The van der Waals surface area contributed by atoms with E-state index in [2.05, 4.69) is 11.9 Å². The van der Waals surface area contributed by atoms with Crippen LogP contribution in [0.3, 0.4) is 0 Å². The highest BCUT2D eigenvalue weighted by Gasteiger charge is 2.19. The molecular formula is C21H25NO3. The Bertz CT molecular complexity index is 740. The quantitative estimate of drug-likeness (QED) is 0.711. The van der Waals surface area contributed by atoms with Gasteiger partial charge in [-0.3, -0.25) is 4.79 Å². The van der Waals surface area contributed by atoms with E-state index in [9.17, 15) is 4.79 Å². The van der Waals surface area contributed by atoms with Crippen LogP contribution in [-0.2, 0) is 4.79 Å². The van der Waals surface area contributed by atoms with Crippen LogP contribution < -0.4 is 14.8 Å². The van der Waals surface area contributed by atoms with E-state index in [1.165, 1.54) is 0 Å². The number of amides is 1. The van der Waals surface area contributed by atoms with Crippen molar-refractivity contribution in [3.8, 4) is 11.5 Å². The molecule has 0 aromatic heterocycles. The van der Waals surface area contributed by atoms with Crippen LogP contribution in [0, 0.1) is 13.8 Å². The standard InChI is InChI=1S/C21H25NO3/c1-5-12-24-18-9-7-8-17(14-18)22-21(23)19(6-2)25-20-13-15(3)10-11-16(20)4/h5,7-11,13-14,19H,1,6,12H2,2-4H3,(H,22,23)/t19-/m0/s1. The zero-order chi connectivity index (χ0) is 18.2. The first-order valence-electron chi connectivity index (χ1n) is 8.42. The molecule has 0 aliphatic carbocycles. The summed E-state index contributed by atoms with van der Waals surface area (Å²) in [5.41, 5.74) is 2.79. The first kappa shape index (κ1) is 18.6. The highest BCUT2D eigenvalue weighted by molar-refractivity contribution is 5.94. The Morgan fingerprint density at radius 2 is 2.04 bits per heavy atom. The third-order valence-corrected chi connectivity index (χ3v) is 3.75. The fourth-order valence-corrected chi connectivity index (χ4v) is 2.35. The smallest absolute Gasteiger partial charge is 0.265 e. The van der Waals surface area contributed by atoms with Gasteiger partial charge in [-0.1, -0.05) is 37.8 Å². The van der Waals surface area contributed by atoms with Crippen LogP contribution in [0.25, 0.3) is 0 Å². The van der Waals surface area contributed by atoms with Gasteiger partial charge in [0, 0.05) is 11.8 Å². The van der Waals surface area contributed by atoms with Crippen molar-refractivity contribution in [1.82, 2.24) is 0 Å². The summed E-state index contributed by atoms with van der Waals surface area (Å²) in [7, 11) is 0. The number of rotatable bonds is 8. The topological polar surface area (TPSA) is 47.6 Å². The molecule has 4 nitrogen and oxygen atoms in total. The highest BCUT2D eigenvalue weighted by atomic mass is 16.5. The van der Waals surface area contributed by atoms with E-state index in [0.717, 1.165) is 16.9 Å². The minimum Gasteiger partial charge on any atom is -0.489 e. The lowest BCUT2D eigenvalue weighted by Gasteiger charge is -2.19. The van der Waals surface area contributed by atoms with Crippen molar-refractivity contribution in [3.05, 3.63) is 66.2 Å². The van der Waals surface area contributed by atoms with E-state index in [1.807, 2.05) is 57.2 Å². The summed E-state index contributed by atoms with van der Waals surface area (Å²) in [6.45, 7) is 9.95. The fourth-order valence-electron chi connectivity index (χ4n) is 2.35. The number of anilines is 1. The third kappa shape index (κ3) is 5.38. The average molecular weight is 339 g/mol. The molecule has 1 atom stereocenters. The predicted molar refractivity (Wildman–Crippen MR) is 101 cm³/mol. The van der Waals surface area contributed by atoms with Crippen molar-refractivity contribution in [2.75, 3.05) is 11.9 Å². The van der Waals surface area contributed by atoms with Crippen LogP contribution >= 0.6 is 0 Å². The number of nitrogens with one attached hydrogen (secondary N) is 1. The lowest BCUT2D eigenvalue weighted by molar-refractivity contribution is -0.122. The van der Waals surface area contributed by atoms with E-state index in [4.69, 9.17) is 9.47 Å². The molecule has 0 aliphatic heterocycles. The number of benzene rings is 2. The van der Waals surface area contributed by atoms with E-state index in [1.54, 1.807) is 12.1 Å². The highest BCUT2D eigenvalue weighted by Crippen LogP contribution is 2.22.